The molecule has 0 unspecified atom stereocenters. The van der Waals surface area contributed by atoms with Crippen LogP contribution in [-0.4, -0.2) is 35.8 Å². The van der Waals surface area contributed by atoms with Crippen LogP contribution in [0.3, 0.4) is 0 Å². The molecule has 0 radical (unpaired) electrons. The lowest BCUT2D eigenvalue weighted by atomic mass is 10.3. The van der Waals surface area contributed by atoms with Crippen molar-refractivity contribution in [1.82, 2.24) is 4.98 Å². The first kappa shape index (κ1) is 19.1. The first-order valence-electron chi connectivity index (χ1n) is 7.37. The Morgan fingerprint density at radius 2 is 2.00 bits per heavy atom. The molecule has 0 aliphatic carbocycles. The minimum absolute atomic E-state index is 0.0948. The van der Waals surface area contributed by atoms with E-state index in [0.29, 0.717) is 5.69 Å². The van der Waals surface area contributed by atoms with E-state index in [2.05, 4.69) is 10.3 Å². The second-order valence-electron chi connectivity index (χ2n) is 4.93. The molecule has 2 rings (SSSR count). The molecule has 25 heavy (non-hydrogen) atoms. The lowest BCUT2D eigenvalue weighted by molar-refractivity contribution is -0.150. The molecule has 6 nitrogen and oxygen atoms in total. The van der Waals surface area contributed by atoms with E-state index in [9.17, 15) is 9.59 Å². The minimum Gasteiger partial charge on any atom is -0.497 e. The van der Waals surface area contributed by atoms with Crippen LogP contribution < -0.4 is 10.1 Å². The Morgan fingerprint density at radius 1 is 1.28 bits per heavy atom. The lowest BCUT2D eigenvalue weighted by Gasteiger charge is -2.13. The molecule has 1 heterocycles. The van der Waals surface area contributed by atoms with Gasteiger partial charge in [-0.1, -0.05) is 11.6 Å². The number of esters is 1. The van der Waals surface area contributed by atoms with Gasteiger partial charge < -0.3 is 14.8 Å². The van der Waals surface area contributed by atoms with Gasteiger partial charge >= 0.3 is 5.97 Å². The fourth-order valence-corrected chi connectivity index (χ4v) is 2.66. The number of rotatable bonds is 7. The molecule has 0 spiro atoms. The van der Waals surface area contributed by atoms with Gasteiger partial charge in [0.2, 0.25) is 0 Å². The molecule has 0 aliphatic rings. The molecule has 0 fully saturated rings. The first-order valence-corrected chi connectivity index (χ1v) is 8.73. The quantitative estimate of drug-likeness (QED) is 0.450. The summed E-state index contributed by atoms with van der Waals surface area (Å²) in [7, 11) is 1.59. The average Bonchev–Trinajstić information content (AvgIpc) is 2.62. The highest BCUT2D eigenvalue weighted by Crippen LogP contribution is 2.22. The summed E-state index contributed by atoms with van der Waals surface area (Å²) in [4.78, 5) is 28.7. The number of pyridine rings is 1. The van der Waals surface area contributed by atoms with Gasteiger partial charge in [-0.15, -0.1) is 11.8 Å². The molecule has 8 heteroatoms. The Labute approximate surface area is 154 Å². The number of hydrogen-bond donors (Lipinski definition) is 1. The number of methoxy groups -OCH3 is 1. The van der Waals surface area contributed by atoms with E-state index in [0.717, 1.165) is 10.6 Å². The maximum atomic E-state index is 12.0. The van der Waals surface area contributed by atoms with Crippen LogP contribution in [0, 0.1) is 0 Å². The third-order valence-corrected chi connectivity index (χ3v) is 4.40. The van der Waals surface area contributed by atoms with E-state index < -0.39 is 18.0 Å². The van der Waals surface area contributed by atoms with Crippen molar-refractivity contribution in [3.8, 4) is 5.75 Å². The first-order chi connectivity index (χ1) is 12.0. The average molecular weight is 381 g/mol. The van der Waals surface area contributed by atoms with Gasteiger partial charge in [-0.25, -0.2) is 4.98 Å². The topological polar surface area (TPSA) is 77.5 Å². The number of nitrogens with one attached hydrogen (secondary N) is 1. The molecule has 1 atom stereocenters. The van der Waals surface area contributed by atoms with Crippen LogP contribution in [0.4, 0.5) is 5.69 Å². The largest absolute Gasteiger partial charge is 0.497 e. The van der Waals surface area contributed by atoms with Gasteiger partial charge in [-0.05, 0) is 43.3 Å². The number of carbonyl (C=O) groups is 2. The molecular weight excluding hydrogens is 364 g/mol. The summed E-state index contributed by atoms with van der Waals surface area (Å²) in [5.41, 5.74) is 0.365. The van der Waals surface area contributed by atoms with E-state index in [1.807, 2.05) is 12.1 Å². The fraction of sp³-hybridized carbons (Fsp3) is 0.235. The summed E-state index contributed by atoms with van der Waals surface area (Å²) >= 11 is 7.19. The van der Waals surface area contributed by atoms with Gasteiger partial charge in [0.25, 0.3) is 5.91 Å². The van der Waals surface area contributed by atoms with E-state index in [1.54, 1.807) is 31.4 Å². The summed E-state index contributed by atoms with van der Waals surface area (Å²) in [5.74, 6) is -0.123. The molecule has 0 aliphatic heterocycles. The van der Waals surface area contributed by atoms with Crippen molar-refractivity contribution < 1.29 is 19.1 Å². The standard InChI is InChI=1S/C17H17ClN2O4S/c1-11(17(22)20-14-4-3-9-19-16(14)18)24-15(21)10-25-13-7-5-12(23-2)6-8-13/h3-9,11H,10H2,1-2H3,(H,20,22)/t11-/m1/s1. The van der Waals surface area contributed by atoms with Crippen LogP contribution in [-0.2, 0) is 14.3 Å². The van der Waals surface area contributed by atoms with Gasteiger partial charge in [-0.3, -0.25) is 9.59 Å². The number of hydrogen-bond acceptors (Lipinski definition) is 6. The molecule has 1 N–H and O–H groups in total. The normalized spacial score (nSPS) is 11.5. The van der Waals surface area contributed by atoms with Crippen LogP contribution in [0.1, 0.15) is 6.92 Å². The van der Waals surface area contributed by atoms with Crippen LogP contribution >= 0.6 is 23.4 Å². The Hall–Kier alpha value is -2.25. The zero-order valence-electron chi connectivity index (χ0n) is 13.7. The summed E-state index contributed by atoms with van der Waals surface area (Å²) < 4.78 is 10.2. The number of anilines is 1. The Bertz CT molecular complexity index is 740. The highest BCUT2D eigenvalue weighted by molar-refractivity contribution is 8.00. The molecule has 2 aromatic rings. The number of benzene rings is 1. The molecule has 1 aromatic heterocycles. The molecule has 0 bridgehead atoms. The third kappa shape index (κ3) is 5.95. The number of halogens is 1. The monoisotopic (exact) mass is 380 g/mol. The number of ether oxygens (including phenoxy) is 2. The zero-order valence-corrected chi connectivity index (χ0v) is 15.3. The maximum Gasteiger partial charge on any atom is 0.317 e. The van der Waals surface area contributed by atoms with E-state index in [-0.39, 0.29) is 10.9 Å². The highest BCUT2D eigenvalue weighted by atomic mass is 35.5. The SMILES string of the molecule is COc1ccc(SCC(=O)O[C@H](C)C(=O)Nc2cccnc2Cl)cc1. The molecular formula is C17H17ClN2O4S. The number of carbonyl (C=O) groups excluding carboxylic acids is 2. The van der Waals surface area contributed by atoms with Crippen molar-refractivity contribution in [1.29, 1.82) is 0 Å². The number of nitrogens with zero attached hydrogens (tertiary/aromatic N) is 1. The van der Waals surface area contributed by atoms with Crippen molar-refractivity contribution in [3.63, 3.8) is 0 Å². The molecule has 1 aromatic carbocycles. The van der Waals surface area contributed by atoms with Gasteiger partial charge in [0, 0.05) is 11.1 Å². The number of amides is 1. The van der Waals surface area contributed by atoms with Gasteiger partial charge in [0.15, 0.2) is 11.3 Å². The van der Waals surface area contributed by atoms with Crippen molar-refractivity contribution in [2.75, 3.05) is 18.2 Å². The highest BCUT2D eigenvalue weighted by Gasteiger charge is 2.19. The van der Waals surface area contributed by atoms with Gasteiger partial charge in [0.1, 0.15) is 5.75 Å². The van der Waals surface area contributed by atoms with Crippen molar-refractivity contribution in [2.24, 2.45) is 0 Å². The second-order valence-corrected chi connectivity index (χ2v) is 6.33. The predicted octanol–water partition coefficient (Wildman–Crippen LogP) is 3.41. The molecule has 1 amide bonds. The molecule has 132 valence electrons. The fourth-order valence-electron chi connectivity index (χ4n) is 1.81. The summed E-state index contributed by atoms with van der Waals surface area (Å²) in [5, 5.41) is 2.74. The summed E-state index contributed by atoms with van der Waals surface area (Å²) in [6.45, 7) is 1.50. The van der Waals surface area contributed by atoms with Crippen molar-refractivity contribution >= 4 is 40.9 Å². The molecule has 0 saturated carbocycles. The van der Waals surface area contributed by atoms with E-state index >= 15 is 0 Å². The number of thioether (sulfide) groups is 1. The van der Waals surface area contributed by atoms with E-state index in [4.69, 9.17) is 21.1 Å². The minimum atomic E-state index is -0.944. The lowest BCUT2D eigenvalue weighted by Crippen LogP contribution is -2.30. The smallest absolute Gasteiger partial charge is 0.317 e. The Balaban J connectivity index is 1.80. The second kappa shape index (κ2) is 9.29. The Morgan fingerprint density at radius 3 is 2.64 bits per heavy atom. The van der Waals surface area contributed by atoms with Crippen molar-refractivity contribution in [2.45, 2.75) is 17.9 Å². The van der Waals surface area contributed by atoms with Gasteiger partial charge in [0.05, 0.1) is 18.6 Å². The summed E-state index contributed by atoms with van der Waals surface area (Å²) in [6.07, 6.45) is 0.568. The van der Waals surface area contributed by atoms with Crippen molar-refractivity contribution in [3.05, 3.63) is 47.7 Å². The Kier molecular flexibility index (Phi) is 7.09. The van der Waals surface area contributed by atoms with E-state index in [1.165, 1.54) is 24.9 Å². The maximum absolute atomic E-state index is 12.0. The predicted molar refractivity (Wildman–Crippen MR) is 97.1 cm³/mol. The third-order valence-electron chi connectivity index (χ3n) is 3.11. The zero-order chi connectivity index (χ0) is 18.2. The van der Waals surface area contributed by atoms with Crippen LogP contribution in [0.15, 0.2) is 47.5 Å². The van der Waals surface area contributed by atoms with Gasteiger partial charge in [-0.2, -0.15) is 0 Å². The summed E-state index contributed by atoms with van der Waals surface area (Å²) in [6, 6.07) is 10.6. The van der Waals surface area contributed by atoms with Crippen LogP contribution in [0.5, 0.6) is 5.75 Å². The van der Waals surface area contributed by atoms with Crippen LogP contribution in [0.25, 0.3) is 0 Å². The molecule has 0 saturated heterocycles. The number of aromatic nitrogens is 1. The van der Waals surface area contributed by atoms with Crippen LogP contribution in [0.2, 0.25) is 5.15 Å².